The van der Waals surface area contributed by atoms with Crippen LogP contribution < -0.4 is 5.73 Å². The van der Waals surface area contributed by atoms with Crippen molar-refractivity contribution in [2.45, 2.75) is 104 Å². The third-order valence-corrected chi connectivity index (χ3v) is 4.32. The van der Waals surface area contributed by atoms with Crippen LogP contribution >= 0.6 is 0 Å². The molecule has 4 atom stereocenters. The van der Waals surface area contributed by atoms with Gasteiger partial charge in [0.25, 0.3) is 0 Å². The van der Waals surface area contributed by atoms with Crippen molar-refractivity contribution in [1.82, 2.24) is 0 Å². The predicted octanol–water partition coefficient (Wildman–Crippen LogP) is 3.07. The second kappa shape index (κ2) is 14.2. The van der Waals surface area contributed by atoms with Crippen molar-refractivity contribution >= 4 is 17.9 Å². The Bertz CT molecular complexity index is 874. The van der Waals surface area contributed by atoms with Gasteiger partial charge in [-0.15, -0.1) is 0 Å². The van der Waals surface area contributed by atoms with E-state index in [0.29, 0.717) is 0 Å². The maximum atomic E-state index is 12.1. The summed E-state index contributed by atoms with van der Waals surface area (Å²) in [4.78, 5) is 36.1. The Balaban J connectivity index is 3.08. The number of carbonyl (C=O) groups excluding carboxylic acids is 3. The van der Waals surface area contributed by atoms with E-state index in [-0.39, 0.29) is 13.2 Å². The maximum Gasteiger partial charge on any atom is 0.334 e. The molecule has 0 aromatic heterocycles. The van der Waals surface area contributed by atoms with Gasteiger partial charge in [0.05, 0.1) is 43.6 Å². The average Bonchev–Trinajstić information content (AvgIpc) is 2.71. The van der Waals surface area contributed by atoms with E-state index < -0.39 is 59.1 Å². The second-order valence-electron chi connectivity index (χ2n) is 11.5. The molecule has 216 valence electrons. The summed E-state index contributed by atoms with van der Waals surface area (Å²) >= 11 is 0. The summed E-state index contributed by atoms with van der Waals surface area (Å²) in [6, 6.07) is 0. The van der Waals surface area contributed by atoms with Gasteiger partial charge in [-0.25, -0.2) is 14.4 Å². The first-order valence-electron chi connectivity index (χ1n) is 12.4. The summed E-state index contributed by atoms with van der Waals surface area (Å²) in [6.07, 6.45) is 3.76. The minimum atomic E-state index is -0.859. The van der Waals surface area contributed by atoms with Crippen LogP contribution in [0.3, 0.4) is 0 Å². The molecule has 1 rings (SSSR count). The zero-order chi connectivity index (χ0) is 29.1. The third kappa shape index (κ3) is 14.0. The van der Waals surface area contributed by atoms with Crippen LogP contribution in [0, 0.1) is 0 Å². The second-order valence-corrected chi connectivity index (χ2v) is 11.5. The molecule has 0 saturated carbocycles. The van der Waals surface area contributed by atoms with Crippen LogP contribution in [-0.2, 0) is 47.5 Å². The molecule has 0 spiro atoms. The molecule has 38 heavy (non-hydrogen) atoms. The summed E-state index contributed by atoms with van der Waals surface area (Å²) in [5.74, 6) is -1.80. The van der Waals surface area contributed by atoms with Gasteiger partial charge in [-0.2, -0.15) is 0 Å². The molecular weight excluding hydrogens is 498 g/mol. The van der Waals surface area contributed by atoms with Gasteiger partial charge in [0, 0.05) is 6.54 Å². The Kier molecular flexibility index (Phi) is 12.3. The lowest BCUT2D eigenvalue weighted by atomic mass is 9.99. The first-order chi connectivity index (χ1) is 17.4. The SMILES string of the molecule is CC(C)(C)OC(=O)/C=C/O[C@H]1[C@H](O/C=C/C(=O)OC(C)(C)C)[C@@H](CN)OC[C@@H]1O/C=C/C(=O)OC(C)(C)C. The highest BCUT2D eigenvalue weighted by molar-refractivity contribution is 5.82. The van der Waals surface area contributed by atoms with Crippen LogP contribution in [0.2, 0.25) is 0 Å². The van der Waals surface area contributed by atoms with Crippen LogP contribution in [0.1, 0.15) is 62.3 Å². The van der Waals surface area contributed by atoms with Gasteiger partial charge < -0.3 is 38.9 Å². The van der Waals surface area contributed by atoms with Crippen molar-refractivity contribution in [3.63, 3.8) is 0 Å². The van der Waals surface area contributed by atoms with Crippen molar-refractivity contribution in [3.8, 4) is 0 Å². The van der Waals surface area contributed by atoms with E-state index in [1.165, 1.54) is 12.5 Å². The number of carbonyl (C=O) groups is 3. The lowest BCUT2D eigenvalue weighted by Crippen LogP contribution is -2.57. The molecule has 1 aliphatic heterocycles. The monoisotopic (exact) mass is 541 g/mol. The molecule has 1 saturated heterocycles. The lowest BCUT2D eigenvalue weighted by Gasteiger charge is -2.40. The van der Waals surface area contributed by atoms with Gasteiger partial charge in [0.2, 0.25) is 0 Å². The number of hydrogen-bond acceptors (Lipinski definition) is 11. The van der Waals surface area contributed by atoms with Gasteiger partial charge in [-0.1, -0.05) is 0 Å². The first-order valence-corrected chi connectivity index (χ1v) is 12.4. The Hall–Kier alpha value is -3.05. The fourth-order valence-electron chi connectivity index (χ4n) is 3.05. The van der Waals surface area contributed by atoms with Gasteiger partial charge >= 0.3 is 17.9 Å². The molecule has 2 N–H and O–H groups in total. The highest BCUT2D eigenvalue weighted by Gasteiger charge is 2.43. The predicted molar refractivity (Wildman–Crippen MR) is 138 cm³/mol. The molecule has 0 radical (unpaired) electrons. The Morgan fingerprint density at radius 3 is 1.42 bits per heavy atom. The molecule has 0 unspecified atom stereocenters. The maximum absolute atomic E-state index is 12.1. The normalized spacial score (nSPS) is 22.9. The molecule has 0 aromatic rings. The number of nitrogens with two attached hydrogens (primary N) is 1. The first kappa shape index (κ1) is 33.0. The number of esters is 3. The van der Waals surface area contributed by atoms with Crippen LogP contribution in [0.4, 0.5) is 0 Å². The van der Waals surface area contributed by atoms with E-state index in [2.05, 4.69) is 0 Å². The molecule has 11 nitrogen and oxygen atoms in total. The minimum absolute atomic E-state index is 0.0428. The van der Waals surface area contributed by atoms with Crippen LogP contribution in [0.15, 0.2) is 37.0 Å². The topological polar surface area (TPSA) is 142 Å². The zero-order valence-corrected chi connectivity index (χ0v) is 23.8. The van der Waals surface area contributed by atoms with Gasteiger partial charge in [-0.05, 0) is 62.3 Å². The number of rotatable bonds is 10. The van der Waals surface area contributed by atoms with Gasteiger partial charge in [0.1, 0.15) is 22.9 Å². The smallest absolute Gasteiger partial charge is 0.334 e. The van der Waals surface area contributed by atoms with E-state index >= 15 is 0 Å². The summed E-state index contributed by atoms with van der Waals surface area (Å²) in [5, 5.41) is 0. The summed E-state index contributed by atoms with van der Waals surface area (Å²) < 4.78 is 38.8. The van der Waals surface area contributed by atoms with Crippen LogP contribution in [0.5, 0.6) is 0 Å². The van der Waals surface area contributed by atoms with E-state index in [1.54, 1.807) is 62.3 Å². The van der Waals surface area contributed by atoms with Crippen molar-refractivity contribution < 1.29 is 47.5 Å². The molecule has 11 heteroatoms. The summed E-state index contributed by atoms with van der Waals surface area (Å²) in [7, 11) is 0. The molecule has 1 heterocycles. The average molecular weight is 542 g/mol. The standard InChI is InChI=1S/C27H43NO10/c1-25(2,3)36-20(29)10-13-32-19-17-35-18(16-28)23(33-14-11-21(30)37-26(4,5)6)24(19)34-15-12-22(31)38-27(7,8)9/h10-15,18-19,23-24H,16-17,28H2,1-9H3/b13-10+,14-11+,15-12+/t18-,19+,23-,24-/m1/s1. The van der Waals surface area contributed by atoms with Gasteiger partial charge in [0.15, 0.2) is 18.3 Å². The largest absolute Gasteiger partial charge is 0.491 e. The quantitative estimate of drug-likeness (QED) is 0.189. The minimum Gasteiger partial charge on any atom is -0.491 e. The third-order valence-electron chi connectivity index (χ3n) is 4.32. The van der Waals surface area contributed by atoms with Crippen molar-refractivity contribution in [2.24, 2.45) is 5.73 Å². The van der Waals surface area contributed by atoms with Crippen molar-refractivity contribution in [3.05, 3.63) is 37.0 Å². The van der Waals surface area contributed by atoms with E-state index in [9.17, 15) is 14.4 Å². The number of ether oxygens (including phenoxy) is 7. The zero-order valence-electron chi connectivity index (χ0n) is 23.8. The molecular formula is C27H43NO10. The highest BCUT2D eigenvalue weighted by Crippen LogP contribution is 2.24. The van der Waals surface area contributed by atoms with Crippen molar-refractivity contribution in [1.29, 1.82) is 0 Å². The molecule has 0 aliphatic carbocycles. The Morgan fingerprint density at radius 1 is 0.684 bits per heavy atom. The van der Waals surface area contributed by atoms with E-state index in [1.807, 2.05) is 0 Å². The van der Waals surface area contributed by atoms with Crippen LogP contribution in [0.25, 0.3) is 0 Å². The van der Waals surface area contributed by atoms with Crippen LogP contribution in [-0.4, -0.2) is 72.3 Å². The molecule has 0 amide bonds. The molecule has 0 bridgehead atoms. The molecule has 1 fully saturated rings. The Labute approximate surface area is 225 Å². The van der Waals surface area contributed by atoms with E-state index in [0.717, 1.165) is 24.5 Å². The fourth-order valence-corrected chi connectivity index (χ4v) is 3.05. The van der Waals surface area contributed by atoms with E-state index in [4.69, 9.17) is 38.9 Å². The Morgan fingerprint density at radius 2 is 1.05 bits per heavy atom. The molecule has 1 aliphatic rings. The summed E-state index contributed by atoms with van der Waals surface area (Å²) in [5.41, 5.74) is 3.86. The number of hydrogen-bond donors (Lipinski definition) is 1. The van der Waals surface area contributed by atoms with Crippen molar-refractivity contribution in [2.75, 3.05) is 13.2 Å². The highest BCUT2D eigenvalue weighted by atomic mass is 16.6. The summed E-state index contributed by atoms with van der Waals surface area (Å²) in [6.45, 7) is 15.8. The fraction of sp³-hybridized carbons (Fsp3) is 0.667. The lowest BCUT2D eigenvalue weighted by molar-refractivity contribution is -0.190. The van der Waals surface area contributed by atoms with Gasteiger partial charge in [-0.3, -0.25) is 0 Å². The molecule has 0 aromatic carbocycles.